The summed E-state index contributed by atoms with van der Waals surface area (Å²) in [6.07, 6.45) is 1.45. The fourth-order valence-electron chi connectivity index (χ4n) is 1.71. The fraction of sp³-hybridized carbons (Fsp3) is 0.444. The Balaban J connectivity index is 2.86. The topological polar surface area (TPSA) is 61.8 Å². The first kappa shape index (κ1) is 13.5. The van der Waals surface area contributed by atoms with E-state index in [9.17, 15) is 9.59 Å². The first-order valence-corrected chi connectivity index (χ1v) is 6.03. The molecule has 0 bridgehead atoms. The third-order valence-corrected chi connectivity index (χ3v) is 2.90. The Bertz CT molecular complexity index is 722. The standard InChI is InChI=1S/C9H9Cl3N4O2/c1-14-4-13-6-5(14)7(17)16(3-9(10,11)12)8(18)15(6)2/h4H,3H2,1-2H3. The van der Waals surface area contributed by atoms with Crippen LogP contribution < -0.4 is 11.2 Å². The van der Waals surface area contributed by atoms with Gasteiger partial charge in [0.15, 0.2) is 11.2 Å². The summed E-state index contributed by atoms with van der Waals surface area (Å²) in [5, 5.41) is 0. The van der Waals surface area contributed by atoms with Gasteiger partial charge in [0.1, 0.15) is 0 Å². The van der Waals surface area contributed by atoms with Gasteiger partial charge in [-0.05, 0) is 0 Å². The number of hydrogen-bond acceptors (Lipinski definition) is 3. The third kappa shape index (κ3) is 2.15. The van der Waals surface area contributed by atoms with Crippen molar-refractivity contribution in [3.8, 4) is 0 Å². The van der Waals surface area contributed by atoms with Crippen LogP contribution in [0.1, 0.15) is 0 Å². The third-order valence-electron chi connectivity index (χ3n) is 2.54. The lowest BCUT2D eigenvalue weighted by molar-refractivity contribution is 0.610. The molecule has 0 aliphatic rings. The van der Waals surface area contributed by atoms with Gasteiger partial charge in [0.25, 0.3) is 5.56 Å². The molecule has 0 amide bonds. The van der Waals surface area contributed by atoms with Gasteiger partial charge in [0.05, 0.1) is 12.9 Å². The molecular weight excluding hydrogens is 302 g/mol. The van der Waals surface area contributed by atoms with Gasteiger partial charge >= 0.3 is 5.69 Å². The summed E-state index contributed by atoms with van der Waals surface area (Å²) in [6, 6.07) is 0. The van der Waals surface area contributed by atoms with Crippen LogP contribution >= 0.6 is 34.8 Å². The zero-order valence-electron chi connectivity index (χ0n) is 9.52. The van der Waals surface area contributed by atoms with Gasteiger partial charge in [0.2, 0.25) is 3.79 Å². The number of aryl methyl sites for hydroxylation is 2. The lowest BCUT2D eigenvalue weighted by Gasteiger charge is -2.13. The summed E-state index contributed by atoms with van der Waals surface area (Å²) in [4.78, 5) is 28.2. The van der Waals surface area contributed by atoms with E-state index in [0.29, 0.717) is 5.65 Å². The Morgan fingerprint density at radius 1 is 1.28 bits per heavy atom. The predicted molar refractivity (Wildman–Crippen MR) is 70.5 cm³/mol. The molecule has 98 valence electrons. The maximum atomic E-state index is 12.2. The molecule has 0 N–H and O–H groups in total. The first-order valence-electron chi connectivity index (χ1n) is 4.90. The van der Waals surface area contributed by atoms with Gasteiger partial charge < -0.3 is 4.57 Å². The molecule has 0 radical (unpaired) electrons. The van der Waals surface area contributed by atoms with Gasteiger partial charge in [-0.25, -0.2) is 9.78 Å². The molecule has 0 saturated carbocycles. The molecule has 0 aliphatic carbocycles. The number of hydrogen-bond donors (Lipinski definition) is 0. The minimum atomic E-state index is -1.72. The second-order valence-corrected chi connectivity index (χ2v) is 6.39. The Labute approximate surface area is 116 Å². The number of imidazole rings is 1. The van der Waals surface area contributed by atoms with Crippen LogP contribution in [-0.4, -0.2) is 22.5 Å². The Kier molecular flexibility index (Phi) is 3.21. The van der Waals surface area contributed by atoms with Crippen molar-refractivity contribution in [2.24, 2.45) is 14.1 Å². The van der Waals surface area contributed by atoms with Crippen molar-refractivity contribution in [3.63, 3.8) is 0 Å². The number of rotatable bonds is 1. The highest BCUT2D eigenvalue weighted by Crippen LogP contribution is 2.26. The molecule has 2 heterocycles. The minimum absolute atomic E-state index is 0.284. The molecule has 9 heteroatoms. The van der Waals surface area contributed by atoms with Crippen molar-refractivity contribution >= 4 is 46.0 Å². The van der Waals surface area contributed by atoms with Crippen LogP contribution in [0.25, 0.3) is 11.2 Å². The molecule has 0 fully saturated rings. The molecule has 0 unspecified atom stereocenters. The van der Waals surface area contributed by atoms with Crippen LogP contribution in [0.15, 0.2) is 15.9 Å². The van der Waals surface area contributed by atoms with Gasteiger partial charge in [-0.1, -0.05) is 34.8 Å². The molecule has 2 aromatic heterocycles. The van der Waals surface area contributed by atoms with Crippen LogP contribution in [0.2, 0.25) is 0 Å². The molecular formula is C9H9Cl3N4O2. The quantitative estimate of drug-likeness (QED) is 0.732. The van der Waals surface area contributed by atoms with Crippen LogP contribution in [0.5, 0.6) is 0 Å². The van der Waals surface area contributed by atoms with Crippen molar-refractivity contribution in [1.29, 1.82) is 0 Å². The largest absolute Gasteiger partial charge is 0.332 e. The van der Waals surface area contributed by atoms with E-state index in [4.69, 9.17) is 34.8 Å². The summed E-state index contributed by atoms with van der Waals surface area (Å²) in [5.41, 5.74) is -0.517. The highest BCUT2D eigenvalue weighted by molar-refractivity contribution is 6.67. The van der Waals surface area contributed by atoms with E-state index in [1.807, 2.05) is 0 Å². The summed E-state index contributed by atoms with van der Waals surface area (Å²) >= 11 is 16.9. The average Bonchev–Trinajstić information content (AvgIpc) is 2.62. The van der Waals surface area contributed by atoms with Crippen molar-refractivity contribution in [1.82, 2.24) is 18.7 Å². The predicted octanol–water partition coefficient (Wildman–Crippen LogP) is 0.804. The maximum absolute atomic E-state index is 12.2. The van der Waals surface area contributed by atoms with Crippen molar-refractivity contribution in [3.05, 3.63) is 27.2 Å². The van der Waals surface area contributed by atoms with Crippen LogP contribution in [0.4, 0.5) is 0 Å². The highest BCUT2D eigenvalue weighted by atomic mass is 35.6. The van der Waals surface area contributed by atoms with E-state index in [2.05, 4.69) is 4.98 Å². The van der Waals surface area contributed by atoms with Crippen molar-refractivity contribution < 1.29 is 0 Å². The Hall–Kier alpha value is -0.980. The number of aromatic nitrogens is 4. The van der Waals surface area contributed by atoms with E-state index < -0.39 is 15.0 Å². The lowest BCUT2D eigenvalue weighted by atomic mass is 10.5. The molecule has 0 saturated heterocycles. The fourth-order valence-corrected chi connectivity index (χ4v) is 2.07. The van der Waals surface area contributed by atoms with Crippen molar-refractivity contribution in [2.75, 3.05) is 0 Å². The second kappa shape index (κ2) is 4.29. The SMILES string of the molecule is Cn1cnc2c1c(=O)n(CC(Cl)(Cl)Cl)c(=O)n2C. The summed E-state index contributed by atoms with van der Waals surface area (Å²) in [5.74, 6) is 0. The zero-order chi connectivity index (χ0) is 13.7. The van der Waals surface area contributed by atoms with Gasteiger partial charge in [-0.3, -0.25) is 13.9 Å². The number of fused-ring (bicyclic) bond motifs is 1. The Morgan fingerprint density at radius 2 is 1.89 bits per heavy atom. The summed E-state index contributed by atoms with van der Waals surface area (Å²) in [7, 11) is 3.16. The second-order valence-electron chi connectivity index (χ2n) is 3.88. The van der Waals surface area contributed by atoms with Crippen LogP contribution in [-0.2, 0) is 20.6 Å². The van der Waals surface area contributed by atoms with Crippen LogP contribution in [0.3, 0.4) is 0 Å². The van der Waals surface area contributed by atoms with E-state index in [1.165, 1.54) is 22.5 Å². The molecule has 0 aromatic carbocycles. The molecule has 0 atom stereocenters. The van der Waals surface area contributed by atoms with Gasteiger partial charge in [-0.2, -0.15) is 0 Å². The van der Waals surface area contributed by atoms with Crippen LogP contribution in [0, 0.1) is 0 Å². The zero-order valence-corrected chi connectivity index (χ0v) is 11.8. The van der Waals surface area contributed by atoms with Gasteiger partial charge in [0, 0.05) is 14.1 Å². The number of halogens is 3. The Morgan fingerprint density at radius 3 is 2.44 bits per heavy atom. The number of nitrogens with zero attached hydrogens (tertiary/aromatic N) is 4. The maximum Gasteiger partial charge on any atom is 0.332 e. The first-order chi connectivity index (χ1) is 8.22. The molecule has 6 nitrogen and oxygen atoms in total. The molecule has 0 aliphatic heterocycles. The lowest BCUT2D eigenvalue weighted by Crippen LogP contribution is -2.42. The van der Waals surface area contributed by atoms with Gasteiger partial charge in [-0.15, -0.1) is 0 Å². The highest BCUT2D eigenvalue weighted by Gasteiger charge is 2.24. The molecule has 18 heavy (non-hydrogen) atoms. The van der Waals surface area contributed by atoms with E-state index in [-0.39, 0.29) is 12.1 Å². The number of alkyl halides is 3. The molecule has 2 rings (SSSR count). The average molecular weight is 312 g/mol. The van der Waals surface area contributed by atoms with E-state index in [0.717, 1.165) is 4.57 Å². The summed E-state index contributed by atoms with van der Waals surface area (Å²) < 4.78 is 1.93. The minimum Gasteiger partial charge on any atom is -0.328 e. The van der Waals surface area contributed by atoms with E-state index in [1.54, 1.807) is 7.05 Å². The monoisotopic (exact) mass is 310 g/mol. The molecule has 2 aromatic rings. The molecule has 0 spiro atoms. The van der Waals surface area contributed by atoms with E-state index >= 15 is 0 Å². The van der Waals surface area contributed by atoms with Crippen molar-refractivity contribution in [2.45, 2.75) is 10.3 Å². The smallest absolute Gasteiger partial charge is 0.328 e. The normalized spacial score (nSPS) is 12.3. The summed E-state index contributed by atoms with van der Waals surface area (Å²) in [6.45, 7) is -0.315.